The van der Waals surface area contributed by atoms with E-state index in [4.69, 9.17) is 11.6 Å². The van der Waals surface area contributed by atoms with Crippen LogP contribution >= 0.6 is 27.5 Å². The fourth-order valence-electron chi connectivity index (χ4n) is 0.774. The van der Waals surface area contributed by atoms with Crippen LogP contribution in [0.25, 0.3) is 0 Å². The van der Waals surface area contributed by atoms with Gasteiger partial charge < -0.3 is 5.32 Å². The third kappa shape index (κ3) is 3.24. The third-order valence-corrected chi connectivity index (χ3v) is 2.01. The number of hydrogen-bond donors (Lipinski definition) is 1. The van der Waals surface area contributed by atoms with E-state index in [-0.39, 0.29) is 0 Å². The Morgan fingerprint density at radius 3 is 2.50 bits per heavy atom. The van der Waals surface area contributed by atoms with Crippen LogP contribution in [0.4, 0.5) is 4.79 Å². The smallest absolute Gasteiger partial charge is 0.314 e. The summed E-state index contributed by atoms with van der Waals surface area (Å²) in [5, 5.41) is 1.96. The minimum absolute atomic E-state index is 0.468. The first-order chi connectivity index (χ1) is 5.68. The van der Waals surface area contributed by atoms with Crippen LogP contribution < -0.4 is 5.32 Å². The van der Waals surface area contributed by atoms with Crippen molar-refractivity contribution in [3.05, 3.63) is 34.3 Å². The van der Waals surface area contributed by atoms with Crippen LogP contribution in [0.5, 0.6) is 0 Å². The van der Waals surface area contributed by atoms with E-state index in [1.165, 1.54) is 0 Å². The Kier molecular flexibility index (Phi) is 3.56. The summed E-state index contributed by atoms with van der Waals surface area (Å²) < 4.78 is 1.02. The molecule has 64 valence electrons. The van der Waals surface area contributed by atoms with Gasteiger partial charge in [-0.2, -0.15) is 0 Å². The molecule has 2 nitrogen and oxygen atoms in total. The summed E-state index contributed by atoms with van der Waals surface area (Å²) in [7, 11) is 0. The fraction of sp³-hybridized carbons (Fsp3) is 0.125. The van der Waals surface area contributed by atoms with Gasteiger partial charge in [0.15, 0.2) is 0 Å². The van der Waals surface area contributed by atoms with Crippen molar-refractivity contribution in [1.29, 1.82) is 0 Å². The Morgan fingerprint density at radius 1 is 1.42 bits per heavy atom. The molecule has 0 bridgehead atoms. The first-order valence-electron chi connectivity index (χ1n) is 3.36. The quantitative estimate of drug-likeness (QED) is 0.633. The SMILES string of the molecule is O=C(Cl)NCc1ccc(Br)cc1. The van der Waals surface area contributed by atoms with Gasteiger partial charge in [0.2, 0.25) is 0 Å². The summed E-state index contributed by atoms with van der Waals surface area (Å²) in [6.07, 6.45) is 0. The summed E-state index contributed by atoms with van der Waals surface area (Å²) in [6.45, 7) is 0.468. The highest BCUT2D eigenvalue weighted by atomic mass is 79.9. The lowest BCUT2D eigenvalue weighted by Gasteiger charge is -2.00. The van der Waals surface area contributed by atoms with E-state index in [0.717, 1.165) is 10.0 Å². The molecule has 0 aliphatic rings. The first kappa shape index (κ1) is 9.55. The molecule has 1 amide bonds. The van der Waals surface area contributed by atoms with Gasteiger partial charge in [-0.1, -0.05) is 28.1 Å². The molecular weight excluding hydrogens is 241 g/mol. The van der Waals surface area contributed by atoms with Gasteiger partial charge in [-0.05, 0) is 29.3 Å². The van der Waals surface area contributed by atoms with E-state index < -0.39 is 5.37 Å². The number of hydrogen-bond acceptors (Lipinski definition) is 1. The van der Waals surface area contributed by atoms with E-state index in [0.29, 0.717) is 6.54 Å². The molecule has 1 aromatic carbocycles. The van der Waals surface area contributed by atoms with Crippen LogP contribution in [0.2, 0.25) is 0 Å². The van der Waals surface area contributed by atoms with Crippen molar-refractivity contribution in [3.8, 4) is 0 Å². The average Bonchev–Trinajstić information content (AvgIpc) is 2.03. The Morgan fingerprint density at radius 2 is 2.00 bits per heavy atom. The zero-order valence-corrected chi connectivity index (χ0v) is 8.52. The highest BCUT2D eigenvalue weighted by molar-refractivity contribution is 9.10. The first-order valence-corrected chi connectivity index (χ1v) is 4.53. The van der Waals surface area contributed by atoms with Crippen LogP contribution in [0.1, 0.15) is 5.56 Å². The van der Waals surface area contributed by atoms with Crippen molar-refractivity contribution in [3.63, 3.8) is 0 Å². The molecule has 0 heterocycles. The molecule has 0 aliphatic heterocycles. The van der Waals surface area contributed by atoms with Gasteiger partial charge in [0.1, 0.15) is 0 Å². The van der Waals surface area contributed by atoms with E-state index in [1.54, 1.807) is 0 Å². The molecule has 1 aromatic rings. The van der Waals surface area contributed by atoms with E-state index in [2.05, 4.69) is 21.2 Å². The molecule has 0 unspecified atom stereocenters. The maximum absolute atomic E-state index is 10.3. The molecule has 0 atom stereocenters. The standard InChI is InChI=1S/C8H7BrClNO/c9-7-3-1-6(2-4-7)5-11-8(10)12/h1-4H,5H2,(H,11,12). The second-order valence-corrected chi connectivity index (χ2v) is 3.51. The zero-order valence-electron chi connectivity index (χ0n) is 6.18. The average molecular weight is 249 g/mol. The van der Waals surface area contributed by atoms with Crippen molar-refractivity contribution in [2.75, 3.05) is 0 Å². The number of nitrogens with one attached hydrogen (secondary N) is 1. The molecule has 1 rings (SSSR count). The Labute approximate surface area is 84.0 Å². The van der Waals surface area contributed by atoms with Gasteiger partial charge in [-0.25, -0.2) is 0 Å². The number of benzene rings is 1. The molecule has 0 aliphatic carbocycles. The molecule has 1 N–H and O–H groups in total. The van der Waals surface area contributed by atoms with Crippen LogP contribution in [-0.2, 0) is 6.54 Å². The molecule has 0 radical (unpaired) electrons. The van der Waals surface area contributed by atoms with Crippen molar-refractivity contribution < 1.29 is 4.79 Å². The number of rotatable bonds is 2. The predicted molar refractivity (Wildman–Crippen MR) is 52.2 cm³/mol. The predicted octanol–water partition coefficient (Wildman–Crippen LogP) is 2.90. The molecular formula is C8H7BrClNO. The number of halogens is 2. The minimum Gasteiger partial charge on any atom is -0.339 e. The van der Waals surface area contributed by atoms with Crippen molar-refractivity contribution >= 4 is 32.9 Å². The Balaban J connectivity index is 2.53. The molecule has 4 heteroatoms. The van der Waals surface area contributed by atoms with E-state index >= 15 is 0 Å². The van der Waals surface area contributed by atoms with Gasteiger partial charge in [0, 0.05) is 11.0 Å². The maximum atomic E-state index is 10.3. The van der Waals surface area contributed by atoms with Crippen LogP contribution in [0.3, 0.4) is 0 Å². The third-order valence-electron chi connectivity index (χ3n) is 1.34. The van der Waals surface area contributed by atoms with Crippen molar-refractivity contribution in [1.82, 2.24) is 5.32 Å². The number of carbonyl (C=O) groups excluding carboxylic acids is 1. The van der Waals surface area contributed by atoms with Gasteiger partial charge in [-0.3, -0.25) is 4.79 Å². The van der Waals surface area contributed by atoms with Gasteiger partial charge in [0.25, 0.3) is 0 Å². The zero-order chi connectivity index (χ0) is 8.97. The maximum Gasteiger partial charge on any atom is 0.314 e. The fourth-order valence-corrected chi connectivity index (χ4v) is 1.10. The summed E-state index contributed by atoms with van der Waals surface area (Å²) >= 11 is 8.41. The normalized spacial score (nSPS) is 9.50. The molecule has 0 aromatic heterocycles. The minimum atomic E-state index is -0.530. The molecule has 12 heavy (non-hydrogen) atoms. The van der Waals surface area contributed by atoms with Crippen LogP contribution in [-0.4, -0.2) is 5.37 Å². The van der Waals surface area contributed by atoms with Gasteiger partial charge in [0.05, 0.1) is 0 Å². The molecule has 0 fully saturated rings. The molecule has 0 spiro atoms. The summed E-state index contributed by atoms with van der Waals surface area (Å²) in [5.41, 5.74) is 1.02. The highest BCUT2D eigenvalue weighted by Gasteiger charge is 1.94. The Hall–Kier alpha value is -0.540. The van der Waals surface area contributed by atoms with Crippen molar-refractivity contribution in [2.24, 2.45) is 0 Å². The summed E-state index contributed by atoms with van der Waals surface area (Å²) in [4.78, 5) is 10.3. The van der Waals surface area contributed by atoms with Crippen LogP contribution in [0, 0.1) is 0 Å². The highest BCUT2D eigenvalue weighted by Crippen LogP contribution is 2.10. The monoisotopic (exact) mass is 247 g/mol. The topological polar surface area (TPSA) is 29.1 Å². The second-order valence-electron chi connectivity index (χ2n) is 2.25. The molecule has 0 saturated heterocycles. The van der Waals surface area contributed by atoms with Crippen molar-refractivity contribution in [2.45, 2.75) is 6.54 Å². The van der Waals surface area contributed by atoms with E-state index in [9.17, 15) is 4.79 Å². The lowest BCUT2D eigenvalue weighted by Crippen LogP contribution is -2.15. The van der Waals surface area contributed by atoms with Gasteiger partial charge >= 0.3 is 5.37 Å². The van der Waals surface area contributed by atoms with Gasteiger partial charge in [-0.15, -0.1) is 0 Å². The summed E-state index contributed by atoms with van der Waals surface area (Å²) in [6, 6.07) is 7.65. The molecule has 0 saturated carbocycles. The lowest BCUT2D eigenvalue weighted by atomic mass is 10.2. The lowest BCUT2D eigenvalue weighted by molar-refractivity contribution is 0.259. The Bertz CT molecular complexity index is 273. The number of amides is 1. The summed E-state index contributed by atoms with van der Waals surface area (Å²) in [5.74, 6) is 0. The van der Waals surface area contributed by atoms with E-state index in [1.807, 2.05) is 24.3 Å². The largest absolute Gasteiger partial charge is 0.339 e. The van der Waals surface area contributed by atoms with Crippen LogP contribution in [0.15, 0.2) is 28.7 Å². The number of carbonyl (C=O) groups is 1. The second kappa shape index (κ2) is 4.48.